The zero-order valence-corrected chi connectivity index (χ0v) is 10.0. The van der Waals surface area contributed by atoms with Gasteiger partial charge >= 0.3 is 5.97 Å². The minimum Gasteiger partial charge on any atom is -0.462 e. The van der Waals surface area contributed by atoms with E-state index in [-0.39, 0.29) is 18.6 Å². The molecule has 1 heterocycles. The van der Waals surface area contributed by atoms with Crippen LogP contribution in [0.3, 0.4) is 0 Å². The van der Waals surface area contributed by atoms with E-state index in [9.17, 15) is 4.79 Å². The predicted molar refractivity (Wildman–Crippen MR) is 55.9 cm³/mol. The van der Waals surface area contributed by atoms with Crippen LogP contribution in [0.15, 0.2) is 10.7 Å². The Morgan fingerprint density at radius 1 is 1.71 bits per heavy atom. The van der Waals surface area contributed by atoms with Crippen molar-refractivity contribution >= 4 is 21.9 Å². The van der Waals surface area contributed by atoms with Crippen LogP contribution in [0.4, 0.5) is 0 Å². The molecule has 0 aliphatic heterocycles. The maximum Gasteiger partial charge on any atom is 0.328 e. The Kier molecular flexibility index (Phi) is 3.69. The molecule has 0 aromatic carbocycles. The number of aromatic nitrogens is 2. The van der Waals surface area contributed by atoms with E-state index in [1.165, 1.54) is 0 Å². The summed E-state index contributed by atoms with van der Waals surface area (Å²) < 4.78 is 7.35. The van der Waals surface area contributed by atoms with Gasteiger partial charge in [0.15, 0.2) is 0 Å². The van der Waals surface area contributed by atoms with Crippen molar-refractivity contribution in [1.82, 2.24) is 9.78 Å². The van der Waals surface area contributed by atoms with Crippen LogP contribution in [0.25, 0.3) is 0 Å². The summed E-state index contributed by atoms with van der Waals surface area (Å²) in [5, 5.41) is 4.13. The quantitative estimate of drug-likeness (QED) is 0.780. The molecule has 0 aliphatic carbocycles. The van der Waals surface area contributed by atoms with Crippen molar-refractivity contribution in [1.29, 1.82) is 0 Å². The molecule has 1 rings (SSSR count). The smallest absolute Gasteiger partial charge is 0.328 e. The molecule has 0 radical (unpaired) electrons. The van der Waals surface area contributed by atoms with Crippen molar-refractivity contribution in [2.75, 3.05) is 0 Å². The lowest BCUT2D eigenvalue weighted by molar-refractivity contribution is -0.148. The number of esters is 1. The van der Waals surface area contributed by atoms with Gasteiger partial charge in [-0.15, -0.1) is 0 Å². The average molecular weight is 261 g/mol. The molecule has 0 saturated carbocycles. The van der Waals surface area contributed by atoms with Gasteiger partial charge in [-0.2, -0.15) is 5.10 Å². The molecule has 78 valence electrons. The van der Waals surface area contributed by atoms with Gasteiger partial charge in [0.25, 0.3) is 0 Å². The number of aryl methyl sites for hydroxylation is 1. The van der Waals surface area contributed by atoms with Gasteiger partial charge in [0.1, 0.15) is 11.1 Å². The summed E-state index contributed by atoms with van der Waals surface area (Å²) >= 11 is 3.30. The molecular weight excluding hydrogens is 248 g/mol. The second kappa shape index (κ2) is 4.59. The standard InChI is InChI=1S/C9H13BrN2O2/c1-6(2)14-9(13)5-12-8(10)4-7(3)11-12/h4,6H,5H2,1-3H3. The number of halogens is 1. The van der Waals surface area contributed by atoms with Crippen LogP contribution in [-0.2, 0) is 16.1 Å². The molecule has 14 heavy (non-hydrogen) atoms. The molecule has 5 heteroatoms. The highest BCUT2D eigenvalue weighted by atomic mass is 79.9. The van der Waals surface area contributed by atoms with Gasteiger partial charge in [0.2, 0.25) is 0 Å². The van der Waals surface area contributed by atoms with E-state index in [0.717, 1.165) is 10.3 Å². The number of nitrogens with zero attached hydrogens (tertiary/aromatic N) is 2. The first-order chi connectivity index (χ1) is 6.49. The van der Waals surface area contributed by atoms with Gasteiger partial charge in [0.05, 0.1) is 11.8 Å². The molecular formula is C9H13BrN2O2. The van der Waals surface area contributed by atoms with Gasteiger partial charge in [-0.3, -0.25) is 4.79 Å². The Morgan fingerprint density at radius 2 is 2.36 bits per heavy atom. The van der Waals surface area contributed by atoms with Gasteiger partial charge in [-0.05, 0) is 42.8 Å². The number of rotatable bonds is 3. The normalized spacial score (nSPS) is 10.6. The first kappa shape index (κ1) is 11.2. The second-order valence-corrected chi connectivity index (χ2v) is 4.12. The molecule has 0 unspecified atom stereocenters. The minimum atomic E-state index is -0.274. The van der Waals surface area contributed by atoms with Crippen LogP contribution in [0, 0.1) is 6.92 Å². The molecule has 0 amide bonds. The fraction of sp³-hybridized carbons (Fsp3) is 0.556. The summed E-state index contributed by atoms with van der Waals surface area (Å²) in [7, 11) is 0. The molecule has 0 fully saturated rings. The van der Waals surface area contributed by atoms with Gasteiger partial charge in [-0.1, -0.05) is 0 Å². The molecule has 0 N–H and O–H groups in total. The van der Waals surface area contributed by atoms with Gasteiger partial charge in [-0.25, -0.2) is 4.68 Å². The summed E-state index contributed by atoms with van der Waals surface area (Å²) in [6.45, 7) is 5.66. The number of ether oxygens (including phenoxy) is 1. The molecule has 0 atom stereocenters. The summed E-state index contributed by atoms with van der Waals surface area (Å²) in [5.74, 6) is -0.274. The maximum absolute atomic E-state index is 11.3. The third-order valence-electron chi connectivity index (χ3n) is 1.50. The highest BCUT2D eigenvalue weighted by Crippen LogP contribution is 2.11. The Bertz CT molecular complexity index is 334. The van der Waals surface area contributed by atoms with Crippen molar-refractivity contribution in [3.63, 3.8) is 0 Å². The van der Waals surface area contributed by atoms with Crippen LogP contribution in [0.1, 0.15) is 19.5 Å². The Hall–Kier alpha value is -0.840. The number of hydrogen-bond donors (Lipinski definition) is 0. The SMILES string of the molecule is Cc1cc(Br)n(CC(=O)OC(C)C)n1. The average Bonchev–Trinajstić information content (AvgIpc) is 2.28. The van der Waals surface area contributed by atoms with E-state index in [4.69, 9.17) is 4.74 Å². The first-order valence-corrected chi connectivity index (χ1v) is 5.17. The molecule has 1 aromatic heterocycles. The van der Waals surface area contributed by atoms with E-state index < -0.39 is 0 Å². The van der Waals surface area contributed by atoms with Crippen LogP contribution in [-0.4, -0.2) is 21.9 Å². The number of carbonyl (C=O) groups is 1. The molecule has 1 aromatic rings. The van der Waals surface area contributed by atoms with Crippen LogP contribution < -0.4 is 0 Å². The minimum absolute atomic E-state index is 0.0852. The lowest BCUT2D eigenvalue weighted by Crippen LogP contribution is -2.18. The van der Waals surface area contributed by atoms with E-state index in [1.807, 2.05) is 26.8 Å². The molecule has 0 saturated heterocycles. The van der Waals surface area contributed by atoms with Crippen molar-refractivity contribution in [2.24, 2.45) is 0 Å². The third-order valence-corrected chi connectivity index (χ3v) is 2.14. The number of carbonyl (C=O) groups excluding carboxylic acids is 1. The van der Waals surface area contributed by atoms with Crippen molar-refractivity contribution in [3.8, 4) is 0 Å². The topological polar surface area (TPSA) is 44.1 Å². The zero-order valence-electron chi connectivity index (χ0n) is 8.45. The summed E-state index contributed by atoms with van der Waals surface area (Å²) in [6.07, 6.45) is -0.0852. The van der Waals surface area contributed by atoms with Crippen LogP contribution in [0.2, 0.25) is 0 Å². The van der Waals surface area contributed by atoms with Gasteiger partial charge in [0, 0.05) is 0 Å². The van der Waals surface area contributed by atoms with E-state index in [0.29, 0.717) is 0 Å². The lowest BCUT2D eigenvalue weighted by Gasteiger charge is -2.08. The van der Waals surface area contributed by atoms with Crippen molar-refractivity contribution in [3.05, 3.63) is 16.4 Å². The molecule has 0 bridgehead atoms. The Morgan fingerprint density at radius 3 is 2.79 bits per heavy atom. The Balaban J connectivity index is 2.60. The Labute approximate surface area is 91.4 Å². The predicted octanol–water partition coefficient (Wildman–Crippen LogP) is 1.91. The van der Waals surface area contributed by atoms with E-state index in [1.54, 1.807) is 4.68 Å². The van der Waals surface area contributed by atoms with E-state index in [2.05, 4.69) is 21.0 Å². The fourth-order valence-electron chi connectivity index (χ4n) is 1.05. The maximum atomic E-state index is 11.3. The number of hydrogen-bond acceptors (Lipinski definition) is 3. The second-order valence-electron chi connectivity index (χ2n) is 3.30. The zero-order chi connectivity index (χ0) is 10.7. The summed E-state index contributed by atoms with van der Waals surface area (Å²) in [5.41, 5.74) is 0.870. The molecule has 0 spiro atoms. The highest BCUT2D eigenvalue weighted by Gasteiger charge is 2.09. The van der Waals surface area contributed by atoms with Gasteiger partial charge < -0.3 is 4.74 Å². The van der Waals surface area contributed by atoms with Crippen molar-refractivity contribution in [2.45, 2.75) is 33.4 Å². The fourth-order valence-corrected chi connectivity index (χ4v) is 1.58. The summed E-state index contributed by atoms with van der Waals surface area (Å²) in [4.78, 5) is 11.3. The monoisotopic (exact) mass is 260 g/mol. The highest BCUT2D eigenvalue weighted by molar-refractivity contribution is 9.10. The molecule has 4 nitrogen and oxygen atoms in total. The van der Waals surface area contributed by atoms with E-state index >= 15 is 0 Å². The summed E-state index contributed by atoms with van der Waals surface area (Å²) in [6, 6.07) is 1.85. The lowest BCUT2D eigenvalue weighted by atomic mass is 10.5. The van der Waals surface area contributed by atoms with Crippen molar-refractivity contribution < 1.29 is 9.53 Å². The van der Waals surface area contributed by atoms with Crippen LogP contribution >= 0.6 is 15.9 Å². The van der Waals surface area contributed by atoms with Crippen LogP contribution in [0.5, 0.6) is 0 Å². The largest absolute Gasteiger partial charge is 0.462 e. The third kappa shape index (κ3) is 3.14. The molecule has 0 aliphatic rings. The first-order valence-electron chi connectivity index (χ1n) is 4.38.